The van der Waals surface area contributed by atoms with Gasteiger partial charge in [0.05, 0.1) is 18.9 Å². The van der Waals surface area contributed by atoms with E-state index in [1.54, 1.807) is 30.3 Å². The maximum atomic E-state index is 14.1. The fourth-order valence-electron chi connectivity index (χ4n) is 4.97. The molecule has 45 heavy (non-hydrogen) atoms. The van der Waals surface area contributed by atoms with E-state index in [1.807, 2.05) is 18.4 Å². The smallest absolute Gasteiger partial charge is 0.355 e. The third-order valence-electron chi connectivity index (χ3n) is 7.23. The number of aliphatic hydroxyl groups excluding tert-OH is 1. The fraction of sp³-hybridized carbons (Fsp3) is 0.273. The highest BCUT2D eigenvalue weighted by Crippen LogP contribution is 2.43. The van der Waals surface area contributed by atoms with Crippen LogP contribution in [-0.2, 0) is 13.0 Å². The molecule has 1 aliphatic heterocycles. The van der Waals surface area contributed by atoms with Crippen LogP contribution >= 0.6 is 11.3 Å². The number of nitrogens with zero attached hydrogens (tertiary/aromatic N) is 1. The van der Waals surface area contributed by atoms with E-state index in [4.69, 9.17) is 15.2 Å². The normalized spacial score (nSPS) is 11.9. The highest BCUT2D eigenvalue weighted by atomic mass is 32.1. The van der Waals surface area contributed by atoms with Crippen molar-refractivity contribution < 1.29 is 34.1 Å². The van der Waals surface area contributed by atoms with Gasteiger partial charge in [-0.05, 0) is 65.4 Å². The molecule has 0 fully saturated rings. The quantitative estimate of drug-likeness (QED) is 0.139. The lowest BCUT2D eigenvalue weighted by Crippen LogP contribution is -2.25. The first kappa shape index (κ1) is 31.6. The molecule has 234 valence electrons. The number of aromatic nitrogens is 1. The van der Waals surface area contributed by atoms with E-state index in [0.717, 1.165) is 16.0 Å². The predicted octanol–water partition coefficient (Wildman–Crippen LogP) is 4.72. The number of thiophene rings is 1. The second-order valence-electron chi connectivity index (χ2n) is 10.3. The number of aliphatic hydroxyl groups is 1. The van der Waals surface area contributed by atoms with E-state index in [1.165, 1.54) is 23.5 Å². The number of hydrogen-bond donors (Lipinski definition) is 5. The summed E-state index contributed by atoms with van der Waals surface area (Å²) in [7, 11) is 0. The van der Waals surface area contributed by atoms with Crippen molar-refractivity contribution in [2.75, 3.05) is 31.7 Å². The van der Waals surface area contributed by atoms with E-state index in [0.29, 0.717) is 55.2 Å². The van der Waals surface area contributed by atoms with Crippen molar-refractivity contribution in [2.24, 2.45) is 5.73 Å². The van der Waals surface area contributed by atoms with Crippen molar-refractivity contribution in [2.45, 2.75) is 32.7 Å². The number of nitrogens with two attached hydrogens (primary N) is 1. The molecule has 0 spiro atoms. The fourth-order valence-corrected chi connectivity index (χ4v) is 5.95. The summed E-state index contributed by atoms with van der Waals surface area (Å²) in [5.41, 5.74) is 8.98. The van der Waals surface area contributed by atoms with Gasteiger partial charge in [0.1, 0.15) is 17.2 Å². The van der Waals surface area contributed by atoms with Crippen molar-refractivity contribution in [3.63, 3.8) is 0 Å². The molecule has 3 heterocycles. The Bertz CT molecular complexity index is 1740. The summed E-state index contributed by atoms with van der Waals surface area (Å²) < 4.78 is 12.0. The first-order valence-electron chi connectivity index (χ1n) is 14.6. The summed E-state index contributed by atoms with van der Waals surface area (Å²) in [4.78, 5) is 44.4. The Labute approximate surface area is 264 Å². The van der Waals surface area contributed by atoms with Gasteiger partial charge in [-0.3, -0.25) is 9.59 Å². The summed E-state index contributed by atoms with van der Waals surface area (Å²) in [6.45, 7) is 3.16. The molecule has 0 unspecified atom stereocenters. The molecule has 1 aliphatic rings. The molecule has 11 nitrogen and oxygen atoms in total. The Kier molecular flexibility index (Phi) is 10.1. The predicted molar refractivity (Wildman–Crippen MR) is 171 cm³/mol. The number of benzene rings is 2. The first-order chi connectivity index (χ1) is 21.8. The zero-order valence-electron chi connectivity index (χ0n) is 24.7. The van der Waals surface area contributed by atoms with Crippen LogP contribution in [0.2, 0.25) is 0 Å². The minimum Gasteiger partial charge on any atom is -0.493 e. The van der Waals surface area contributed by atoms with Gasteiger partial charge in [0, 0.05) is 59.7 Å². The molecule has 2 amide bonds. The molecule has 12 heteroatoms. The van der Waals surface area contributed by atoms with E-state index < -0.39 is 17.8 Å². The lowest BCUT2D eigenvalue weighted by Gasteiger charge is -2.18. The molecule has 2 aromatic heterocycles. The third kappa shape index (κ3) is 6.98. The van der Waals surface area contributed by atoms with Gasteiger partial charge in [-0.1, -0.05) is 13.0 Å². The van der Waals surface area contributed by atoms with E-state index >= 15 is 0 Å². The molecule has 0 saturated heterocycles. The summed E-state index contributed by atoms with van der Waals surface area (Å²) >= 11 is 1.53. The number of aromatic carboxylic acids is 1. The molecular formula is C33H34N4O7S. The Hall–Kier alpha value is -4.78. The van der Waals surface area contributed by atoms with Gasteiger partial charge in [0.2, 0.25) is 0 Å². The molecule has 0 atom stereocenters. The summed E-state index contributed by atoms with van der Waals surface area (Å²) in [6.07, 6.45) is 1.78. The number of carboxylic acid groups (broad SMARTS) is 1. The standard InChI is InChI=1S/C33H34N4O7S/c1-2-10-35-32(40)26-7-5-21(29(36-26)33(41)42)22-17-27-24(30-20(8-13-44-27)9-14-45-30)16-23(22)31(39)37-25-6-4-19(18-34)15-28(25)43-12-3-11-38/h4-7,9,14-17,38H,2-3,8,10-13,18,34H2,1H3,(H,35,40)(H,37,39)(H,41,42). The molecular weight excluding hydrogens is 596 g/mol. The van der Waals surface area contributed by atoms with Crippen LogP contribution < -0.4 is 25.8 Å². The molecule has 0 aliphatic carbocycles. The number of pyridine rings is 1. The minimum atomic E-state index is -1.35. The van der Waals surface area contributed by atoms with Crippen molar-refractivity contribution in [1.29, 1.82) is 0 Å². The van der Waals surface area contributed by atoms with Gasteiger partial charge < -0.3 is 36.1 Å². The minimum absolute atomic E-state index is 0.0468. The highest BCUT2D eigenvalue weighted by molar-refractivity contribution is 7.13. The maximum Gasteiger partial charge on any atom is 0.355 e. The molecule has 5 rings (SSSR count). The number of ether oxygens (including phenoxy) is 2. The molecule has 0 radical (unpaired) electrons. The largest absolute Gasteiger partial charge is 0.493 e. The number of rotatable bonds is 12. The number of nitrogens with one attached hydrogen (secondary N) is 2. The summed E-state index contributed by atoms with van der Waals surface area (Å²) in [5.74, 6) is -1.48. The van der Waals surface area contributed by atoms with E-state index in [2.05, 4.69) is 15.6 Å². The summed E-state index contributed by atoms with van der Waals surface area (Å²) in [5, 5.41) is 27.0. The Morgan fingerprint density at radius 1 is 1.07 bits per heavy atom. The number of amides is 2. The summed E-state index contributed by atoms with van der Waals surface area (Å²) in [6, 6.07) is 13.5. The zero-order valence-corrected chi connectivity index (χ0v) is 25.5. The van der Waals surface area contributed by atoms with Gasteiger partial charge in [-0.25, -0.2) is 9.78 Å². The zero-order chi connectivity index (χ0) is 31.9. The number of anilines is 1. The van der Waals surface area contributed by atoms with Gasteiger partial charge in [-0.2, -0.15) is 0 Å². The van der Waals surface area contributed by atoms with Crippen molar-refractivity contribution >= 4 is 34.8 Å². The average molecular weight is 631 g/mol. The van der Waals surface area contributed by atoms with Crippen LogP contribution in [0, 0.1) is 0 Å². The van der Waals surface area contributed by atoms with Crippen molar-refractivity contribution in [3.05, 3.63) is 82.0 Å². The lowest BCUT2D eigenvalue weighted by molar-refractivity contribution is 0.0691. The van der Waals surface area contributed by atoms with Gasteiger partial charge in [0.15, 0.2) is 5.69 Å². The van der Waals surface area contributed by atoms with Crippen molar-refractivity contribution in [1.82, 2.24) is 10.3 Å². The van der Waals surface area contributed by atoms with E-state index in [9.17, 15) is 24.6 Å². The third-order valence-corrected chi connectivity index (χ3v) is 8.22. The number of fused-ring (bicyclic) bond motifs is 3. The second-order valence-corrected chi connectivity index (χ2v) is 11.3. The molecule has 0 bridgehead atoms. The SMILES string of the molecule is CCCNC(=O)c1ccc(-c2cc3c(cc2C(=O)Nc2ccc(CN)cc2OCCCO)-c2sccc2CCO3)c(C(=O)O)n1. The van der Waals surface area contributed by atoms with Crippen molar-refractivity contribution in [3.8, 4) is 33.1 Å². The number of carbonyl (C=O) groups excluding carboxylic acids is 2. The first-order valence-corrected chi connectivity index (χ1v) is 15.5. The molecule has 6 N–H and O–H groups in total. The Morgan fingerprint density at radius 3 is 2.67 bits per heavy atom. The van der Waals surface area contributed by atoms with Gasteiger partial charge >= 0.3 is 5.97 Å². The maximum absolute atomic E-state index is 14.1. The van der Waals surface area contributed by atoms with Crippen LogP contribution in [0.3, 0.4) is 0 Å². The van der Waals surface area contributed by atoms with E-state index in [-0.39, 0.29) is 47.8 Å². The van der Waals surface area contributed by atoms with Crippen LogP contribution in [0.5, 0.6) is 11.5 Å². The number of carboxylic acids is 1. The molecule has 0 saturated carbocycles. The Morgan fingerprint density at radius 2 is 1.91 bits per heavy atom. The van der Waals surface area contributed by atoms with Crippen LogP contribution in [0.1, 0.15) is 62.2 Å². The lowest BCUT2D eigenvalue weighted by atomic mass is 9.93. The monoisotopic (exact) mass is 630 g/mol. The highest BCUT2D eigenvalue weighted by Gasteiger charge is 2.27. The van der Waals surface area contributed by atoms with Gasteiger partial charge in [-0.15, -0.1) is 11.3 Å². The number of hydrogen-bond acceptors (Lipinski definition) is 9. The average Bonchev–Trinajstić information content (AvgIpc) is 3.45. The molecule has 2 aromatic carbocycles. The second kappa shape index (κ2) is 14.3. The van der Waals surface area contributed by atoms with Crippen LogP contribution in [0.15, 0.2) is 53.9 Å². The van der Waals surface area contributed by atoms with Crippen LogP contribution in [-0.4, -0.2) is 59.3 Å². The molecule has 4 aromatic rings. The number of carbonyl (C=O) groups is 3. The van der Waals surface area contributed by atoms with Crippen LogP contribution in [0.4, 0.5) is 5.69 Å². The topological polar surface area (TPSA) is 173 Å². The van der Waals surface area contributed by atoms with Gasteiger partial charge in [0.25, 0.3) is 11.8 Å². The Balaban J connectivity index is 1.64. The van der Waals surface area contributed by atoms with Crippen LogP contribution in [0.25, 0.3) is 21.6 Å².